The van der Waals surface area contributed by atoms with Crippen LogP contribution < -0.4 is 0 Å². The molecule has 0 aromatic heterocycles. The highest BCUT2D eigenvalue weighted by molar-refractivity contribution is 7.99. The van der Waals surface area contributed by atoms with Crippen molar-refractivity contribution in [2.24, 2.45) is 5.92 Å². The number of carboxylic acids is 2. The molecule has 0 spiro atoms. The van der Waals surface area contributed by atoms with E-state index in [-0.39, 0.29) is 12.3 Å². The standard InChI is InChI=1S/C11H18O4S/c12-10(13)2-1-7-16-9-5-3-8(4-6-9)11(14)15/h8-9H,1-7H2,(H,12,13)(H,14,15). The van der Waals surface area contributed by atoms with E-state index in [2.05, 4.69) is 0 Å². The lowest BCUT2D eigenvalue weighted by molar-refractivity contribution is -0.142. The van der Waals surface area contributed by atoms with Gasteiger partial charge in [0.1, 0.15) is 0 Å². The van der Waals surface area contributed by atoms with Gasteiger partial charge in [0.05, 0.1) is 5.92 Å². The van der Waals surface area contributed by atoms with Crippen LogP contribution in [0.1, 0.15) is 38.5 Å². The summed E-state index contributed by atoms with van der Waals surface area (Å²) in [5, 5.41) is 17.8. The van der Waals surface area contributed by atoms with Crippen LogP contribution in [0.2, 0.25) is 0 Å². The van der Waals surface area contributed by atoms with Crippen LogP contribution in [-0.4, -0.2) is 33.2 Å². The maximum atomic E-state index is 10.7. The van der Waals surface area contributed by atoms with Crippen molar-refractivity contribution < 1.29 is 19.8 Å². The molecule has 1 saturated carbocycles. The Morgan fingerprint density at radius 1 is 1.12 bits per heavy atom. The van der Waals surface area contributed by atoms with Crippen molar-refractivity contribution in [3.63, 3.8) is 0 Å². The molecule has 0 unspecified atom stereocenters. The van der Waals surface area contributed by atoms with Gasteiger partial charge in [0.2, 0.25) is 0 Å². The van der Waals surface area contributed by atoms with Crippen molar-refractivity contribution in [3.8, 4) is 0 Å². The van der Waals surface area contributed by atoms with Gasteiger partial charge in [0, 0.05) is 11.7 Å². The van der Waals surface area contributed by atoms with Crippen molar-refractivity contribution >= 4 is 23.7 Å². The minimum Gasteiger partial charge on any atom is -0.481 e. The molecule has 5 heteroatoms. The second-order valence-corrected chi connectivity index (χ2v) is 5.59. The van der Waals surface area contributed by atoms with Crippen molar-refractivity contribution in [1.82, 2.24) is 0 Å². The van der Waals surface area contributed by atoms with Crippen LogP contribution in [0.3, 0.4) is 0 Å². The summed E-state index contributed by atoms with van der Waals surface area (Å²) in [6.07, 6.45) is 4.39. The minimum atomic E-state index is -0.741. The smallest absolute Gasteiger partial charge is 0.306 e. The van der Waals surface area contributed by atoms with E-state index in [1.165, 1.54) is 0 Å². The van der Waals surface area contributed by atoms with Gasteiger partial charge in [-0.3, -0.25) is 9.59 Å². The molecule has 0 aromatic carbocycles. The van der Waals surface area contributed by atoms with Gasteiger partial charge in [-0.2, -0.15) is 11.8 Å². The van der Waals surface area contributed by atoms with Gasteiger partial charge < -0.3 is 10.2 Å². The average Bonchev–Trinajstić information content (AvgIpc) is 2.25. The summed E-state index contributed by atoms with van der Waals surface area (Å²) in [7, 11) is 0. The van der Waals surface area contributed by atoms with E-state index in [4.69, 9.17) is 10.2 Å². The maximum Gasteiger partial charge on any atom is 0.306 e. The van der Waals surface area contributed by atoms with Crippen LogP contribution in [-0.2, 0) is 9.59 Å². The summed E-state index contributed by atoms with van der Waals surface area (Å²) in [6.45, 7) is 0. The molecular weight excluding hydrogens is 228 g/mol. The van der Waals surface area contributed by atoms with E-state index in [0.717, 1.165) is 31.4 Å². The fourth-order valence-corrected chi connectivity index (χ4v) is 3.20. The second kappa shape index (κ2) is 6.78. The van der Waals surface area contributed by atoms with E-state index < -0.39 is 11.9 Å². The topological polar surface area (TPSA) is 74.6 Å². The number of hydrogen-bond donors (Lipinski definition) is 2. The Bertz CT molecular complexity index is 246. The van der Waals surface area contributed by atoms with Crippen LogP contribution in [0.4, 0.5) is 0 Å². The molecule has 0 saturated heterocycles. The summed E-state index contributed by atoms with van der Waals surface area (Å²) in [5.74, 6) is -0.699. The highest BCUT2D eigenvalue weighted by Crippen LogP contribution is 2.32. The number of carboxylic acid groups (broad SMARTS) is 2. The molecule has 1 fully saturated rings. The van der Waals surface area contributed by atoms with Gasteiger partial charge in [0.15, 0.2) is 0 Å². The zero-order valence-corrected chi connectivity index (χ0v) is 10.0. The molecule has 0 atom stereocenters. The van der Waals surface area contributed by atoms with Gasteiger partial charge in [-0.15, -0.1) is 0 Å². The first-order chi connectivity index (χ1) is 7.59. The Morgan fingerprint density at radius 2 is 1.75 bits per heavy atom. The summed E-state index contributed by atoms with van der Waals surface area (Å²) >= 11 is 1.80. The lowest BCUT2D eigenvalue weighted by Crippen LogP contribution is -2.22. The first-order valence-corrected chi connectivity index (χ1v) is 6.70. The predicted octanol–water partition coefficient (Wildman–Crippen LogP) is 2.23. The minimum absolute atomic E-state index is 0.157. The Morgan fingerprint density at radius 3 is 2.25 bits per heavy atom. The highest BCUT2D eigenvalue weighted by Gasteiger charge is 2.25. The fraction of sp³-hybridized carbons (Fsp3) is 0.818. The molecule has 0 radical (unpaired) electrons. The molecule has 0 aliphatic heterocycles. The molecule has 1 rings (SSSR count). The highest BCUT2D eigenvalue weighted by atomic mass is 32.2. The first-order valence-electron chi connectivity index (χ1n) is 5.66. The lowest BCUT2D eigenvalue weighted by atomic mass is 9.89. The van der Waals surface area contributed by atoms with Crippen LogP contribution in [0, 0.1) is 5.92 Å². The summed E-state index contributed by atoms with van der Waals surface area (Å²) < 4.78 is 0. The normalized spacial score (nSPS) is 25.2. The molecular formula is C11H18O4S. The van der Waals surface area contributed by atoms with Crippen molar-refractivity contribution in [3.05, 3.63) is 0 Å². The summed E-state index contributed by atoms with van der Waals surface area (Å²) in [4.78, 5) is 21.0. The summed E-state index contributed by atoms with van der Waals surface area (Å²) in [5.41, 5.74) is 0. The number of hydrogen-bond acceptors (Lipinski definition) is 3. The third kappa shape index (κ3) is 4.88. The quantitative estimate of drug-likeness (QED) is 0.703. The summed E-state index contributed by atoms with van der Waals surface area (Å²) in [6, 6.07) is 0. The molecule has 1 aliphatic rings. The third-order valence-corrected chi connectivity index (χ3v) is 4.38. The molecule has 1 aliphatic carbocycles. The lowest BCUT2D eigenvalue weighted by Gasteiger charge is -2.25. The molecule has 0 bridgehead atoms. The molecule has 92 valence electrons. The van der Waals surface area contributed by atoms with Gasteiger partial charge >= 0.3 is 11.9 Å². The number of rotatable bonds is 6. The molecule has 16 heavy (non-hydrogen) atoms. The predicted molar refractivity (Wildman–Crippen MR) is 62.7 cm³/mol. The number of thioether (sulfide) groups is 1. The van der Waals surface area contributed by atoms with E-state index in [0.29, 0.717) is 11.7 Å². The molecule has 0 aromatic rings. The SMILES string of the molecule is O=C(O)CCCSC1CCC(C(=O)O)CC1. The fourth-order valence-electron chi connectivity index (χ4n) is 1.95. The zero-order chi connectivity index (χ0) is 12.0. The Balaban J connectivity index is 2.08. The van der Waals surface area contributed by atoms with Crippen molar-refractivity contribution in [2.75, 3.05) is 5.75 Å². The molecule has 4 nitrogen and oxygen atoms in total. The first kappa shape index (κ1) is 13.4. The third-order valence-electron chi connectivity index (χ3n) is 2.91. The second-order valence-electron chi connectivity index (χ2n) is 4.18. The monoisotopic (exact) mass is 246 g/mol. The Labute approximate surface area is 99.4 Å². The maximum absolute atomic E-state index is 10.7. The zero-order valence-electron chi connectivity index (χ0n) is 9.22. The van der Waals surface area contributed by atoms with Gasteiger partial charge in [-0.1, -0.05) is 0 Å². The Hall–Kier alpha value is -0.710. The van der Waals surface area contributed by atoms with Gasteiger partial charge in [0.25, 0.3) is 0 Å². The largest absolute Gasteiger partial charge is 0.481 e. The van der Waals surface area contributed by atoms with Crippen LogP contribution >= 0.6 is 11.8 Å². The van der Waals surface area contributed by atoms with Crippen LogP contribution in [0.5, 0.6) is 0 Å². The average molecular weight is 246 g/mol. The van der Waals surface area contributed by atoms with Crippen LogP contribution in [0.15, 0.2) is 0 Å². The van der Waals surface area contributed by atoms with E-state index >= 15 is 0 Å². The van der Waals surface area contributed by atoms with Gasteiger partial charge in [-0.05, 0) is 37.9 Å². The van der Waals surface area contributed by atoms with E-state index in [1.807, 2.05) is 0 Å². The number of aliphatic carboxylic acids is 2. The Kier molecular flexibility index (Phi) is 5.66. The number of carbonyl (C=O) groups is 2. The van der Waals surface area contributed by atoms with Crippen LogP contribution in [0.25, 0.3) is 0 Å². The van der Waals surface area contributed by atoms with Crippen molar-refractivity contribution in [1.29, 1.82) is 0 Å². The van der Waals surface area contributed by atoms with E-state index in [9.17, 15) is 9.59 Å². The molecule has 0 amide bonds. The molecule has 0 heterocycles. The van der Waals surface area contributed by atoms with Crippen molar-refractivity contribution in [2.45, 2.75) is 43.8 Å². The molecule has 2 N–H and O–H groups in total. The van der Waals surface area contributed by atoms with Gasteiger partial charge in [-0.25, -0.2) is 0 Å². The van der Waals surface area contributed by atoms with E-state index in [1.54, 1.807) is 11.8 Å².